The smallest absolute Gasteiger partial charge is 0.248 e. The van der Waals surface area contributed by atoms with Gasteiger partial charge in [-0.05, 0) is 41.9 Å². The van der Waals surface area contributed by atoms with Crippen LogP contribution in [0.4, 0.5) is 0 Å². The normalized spacial score (nSPS) is 17.9. The van der Waals surface area contributed by atoms with E-state index >= 15 is 0 Å². The average Bonchev–Trinajstić information content (AvgIpc) is 3.08. The summed E-state index contributed by atoms with van der Waals surface area (Å²) in [5, 5.41) is 28.5. The molecular formula is C18H24ClN3O3. The van der Waals surface area contributed by atoms with E-state index in [2.05, 4.69) is 24.0 Å². The quantitative estimate of drug-likeness (QED) is 0.776. The molecule has 25 heavy (non-hydrogen) atoms. The Hall–Kier alpha value is -1.63. The van der Waals surface area contributed by atoms with Crippen LogP contribution in [-0.4, -0.2) is 50.9 Å². The molecular weight excluding hydrogens is 342 g/mol. The lowest BCUT2D eigenvalue weighted by Crippen LogP contribution is -2.44. The number of aromatic nitrogens is 2. The number of halogens is 1. The molecule has 2 heterocycles. The van der Waals surface area contributed by atoms with Gasteiger partial charge in [0.15, 0.2) is 0 Å². The molecule has 1 unspecified atom stereocenters. The SMILES string of the molecule is CC(C)(C1CCN(C(=O)CO)CC1)C(O)c1cc(Cl)cc2[nH]ncc12. The number of piperidine rings is 1. The molecule has 1 amide bonds. The van der Waals surface area contributed by atoms with Crippen LogP contribution in [0.15, 0.2) is 18.3 Å². The summed E-state index contributed by atoms with van der Waals surface area (Å²) in [5.74, 6) is 0.0259. The van der Waals surface area contributed by atoms with Gasteiger partial charge in [-0.15, -0.1) is 0 Å². The highest BCUT2D eigenvalue weighted by Crippen LogP contribution is 2.46. The van der Waals surface area contributed by atoms with Crippen molar-refractivity contribution in [2.24, 2.45) is 11.3 Å². The predicted octanol–water partition coefficient (Wildman–Crippen LogP) is 2.51. The van der Waals surface area contributed by atoms with E-state index in [0.29, 0.717) is 18.1 Å². The molecule has 1 aromatic carbocycles. The van der Waals surface area contributed by atoms with Gasteiger partial charge in [0.2, 0.25) is 5.91 Å². The summed E-state index contributed by atoms with van der Waals surface area (Å²) in [6.07, 6.45) is 2.61. The van der Waals surface area contributed by atoms with Gasteiger partial charge in [0.1, 0.15) is 6.61 Å². The highest BCUT2D eigenvalue weighted by molar-refractivity contribution is 6.31. The first-order valence-corrected chi connectivity index (χ1v) is 8.91. The van der Waals surface area contributed by atoms with E-state index in [1.54, 1.807) is 23.2 Å². The summed E-state index contributed by atoms with van der Waals surface area (Å²) >= 11 is 6.20. The topological polar surface area (TPSA) is 89.5 Å². The Morgan fingerprint density at radius 3 is 2.76 bits per heavy atom. The molecule has 1 fully saturated rings. The fraction of sp³-hybridized carbons (Fsp3) is 0.556. The summed E-state index contributed by atoms with van der Waals surface area (Å²) in [6, 6.07) is 3.60. The number of H-pyrrole nitrogens is 1. The van der Waals surface area contributed by atoms with Crippen molar-refractivity contribution in [3.8, 4) is 0 Å². The summed E-state index contributed by atoms with van der Waals surface area (Å²) in [6.45, 7) is 4.88. The lowest BCUT2D eigenvalue weighted by atomic mass is 9.68. The molecule has 0 saturated carbocycles. The second-order valence-corrected chi connectivity index (χ2v) is 7.80. The van der Waals surface area contributed by atoms with Crippen LogP contribution in [0.1, 0.15) is 38.4 Å². The molecule has 0 aliphatic carbocycles. The van der Waals surface area contributed by atoms with Crippen molar-refractivity contribution in [3.63, 3.8) is 0 Å². The number of likely N-dealkylation sites (tertiary alicyclic amines) is 1. The fourth-order valence-electron chi connectivity index (χ4n) is 3.87. The van der Waals surface area contributed by atoms with E-state index in [4.69, 9.17) is 16.7 Å². The Labute approximate surface area is 151 Å². The molecule has 1 aliphatic rings. The second kappa shape index (κ2) is 6.94. The number of carbonyl (C=O) groups excluding carboxylic acids is 1. The predicted molar refractivity (Wildman–Crippen MR) is 96.2 cm³/mol. The number of fused-ring (bicyclic) bond motifs is 1. The average molecular weight is 366 g/mol. The first kappa shape index (κ1) is 18.2. The molecule has 7 heteroatoms. The Kier molecular flexibility index (Phi) is 5.04. The summed E-state index contributed by atoms with van der Waals surface area (Å²) in [4.78, 5) is 13.3. The first-order valence-electron chi connectivity index (χ1n) is 8.53. The maximum absolute atomic E-state index is 11.6. The van der Waals surface area contributed by atoms with Gasteiger partial charge < -0.3 is 15.1 Å². The number of aliphatic hydroxyl groups is 2. The van der Waals surface area contributed by atoms with Crippen molar-refractivity contribution in [2.45, 2.75) is 32.8 Å². The summed E-state index contributed by atoms with van der Waals surface area (Å²) in [7, 11) is 0. The van der Waals surface area contributed by atoms with Gasteiger partial charge in [0.25, 0.3) is 0 Å². The molecule has 0 bridgehead atoms. The molecule has 1 aromatic heterocycles. The van der Waals surface area contributed by atoms with E-state index < -0.39 is 12.7 Å². The van der Waals surface area contributed by atoms with Crippen molar-refractivity contribution in [2.75, 3.05) is 19.7 Å². The highest BCUT2D eigenvalue weighted by atomic mass is 35.5. The molecule has 3 rings (SSSR count). The Morgan fingerprint density at radius 2 is 2.12 bits per heavy atom. The number of carbonyl (C=O) groups is 1. The van der Waals surface area contributed by atoms with Crippen molar-refractivity contribution in [1.29, 1.82) is 0 Å². The Bertz CT molecular complexity index is 766. The standard InChI is InChI=1S/C18H24ClN3O3/c1-18(2,11-3-5-22(6-4-11)16(24)10-23)17(25)13-7-12(19)8-15-14(13)9-20-21-15/h7-9,11,17,23,25H,3-6,10H2,1-2H3,(H,20,21). The number of amides is 1. The lowest BCUT2D eigenvalue weighted by Gasteiger charge is -2.43. The number of aliphatic hydroxyl groups excluding tert-OH is 2. The number of rotatable bonds is 4. The van der Waals surface area contributed by atoms with Crippen molar-refractivity contribution in [3.05, 3.63) is 28.9 Å². The van der Waals surface area contributed by atoms with E-state index in [9.17, 15) is 9.90 Å². The largest absolute Gasteiger partial charge is 0.388 e. The molecule has 1 aliphatic heterocycles. The molecule has 1 atom stereocenters. The van der Waals surface area contributed by atoms with E-state index in [1.165, 1.54) is 0 Å². The van der Waals surface area contributed by atoms with Gasteiger partial charge in [0, 0.05) is 23.5 Å². The number of benzene rings is 1. The van der Waals surface area contributed by atoms with Gasteiger partial charge >= 0.3 is 0 Å². The number of aromatic amines is 1. The van der Waals surface area contributed by atoms with Crippen LogP contribution in [0.5, 0.6) is 0 Å². The monoisotopic (exact) mass is 365 g/mol. The second-order valence-electron chi connectivity index (χ2n) is 7.36. The molecule has 1 saturated heterocycles. The van der Waals surface area contributed by atoms with Gasteiger partial charge in [-0.1, -0.05) is 25.4 Å². The van der Waals surface area contributed by atoms with Crippen molar-refractivity contribution in [1.82, 2.24) is 15.1 Å². The van der Waals surface area contributed by atoms with Crippen LogP contribution in [0.3, 0.4) is 0 Å². The zero-order valence-electron chi connectivity index (χ0n) is 14.5. The van der Waals surface area contributed by atoms with Gasteiger partial charge in [0.05, 0.1) is 17.8 Å². The Balaban J connectivity index is 1.82. The molecule has 6 nitrogen and oxygen atoms in total. The number of nitrogens with one attached hydrogen (secondary N) is 1. The van der Waals surface area contributed by atoms with Crippen LogP contribution in [0, 0.1) is 11.3 Å². The number of nitrogens with zero attached hydrogens (tertiary/aromatic N) is 2. The minimum absolute atomic E-state index is 0.230. The molecule has 2 aromatic rings. The molecule has 0 radical (unpaired) electrons. The van der Waals surface area contributed by atoms with Gasteiger partial charge in [-0.25, -0.2) is 0 Å². The zero-order chi connectivity index (χ0) is 18.2. The van der Waals surface area contributed by atoms with E-state index in [1.807, 2.05) is 0 Å². The minimum Gasteiger partial charge on any atom is -0.388 e. The maximum Gasteiger partial charge on any atom is 0.248 e. The number of hydrogen-bond donors (Lipinski definition) is 3. The van der Waals surface area contributed by atoms with Crippen LogP contribution in [0.2, 0.25) is 5.02 Å². The van der Waals surface area contributed by atoms with Crippen LogP contribution in [0.25, 0.3) is 10.9 Å². The third-order valence-electron chi connectivity index (χ3n) is 5.59. The third-order valence-corrected chi connectivity index (χ3v) is 5.81. The minimum atomic E-state index is -0.698. The number of hydrogen-bond acceptors (Lipinski definition) is 4. The van der Waals surface area contributed by atoms with Crippen LogP contribution < -0.4 is 0 Å². The van der Waals surface area contributed by atoms with Crippen LogP contribution >= 0.6 is 11.6 Å². The lowest BCUT2D eigenvalue weighted by molar-refractivity contribution is -0.136. The maximum atomic E-state index is 11.6. The molecule has 0 spiro atoms. The summed E-state index contributed by atoms with van der Waals surface area (Å²) < 4.78 is 0. The van der Waals surface area contributed by atoms with Gasteiger partial charge in [-0.3, -0.25) is 9.89 Å². The zero-order valence-corrected chi connectivity index (χ0v) is 15.3. The Morgan fingerprint density at radius 1 is 1.44 bits per heavy atom. The van der Waals surface area contributed by atoms with Gasteiger partial charge in [-0.2, -0.15) is 5.10 Å². The molecule has 136 valence electrons. The fourth-order valence-corrected chi connectivity index (χ4v) is 4.09. The van der Waals surface area contributed by atoms with E-state index in [0.717, 1.165) is 29.3 Å². The first-order chi connectivity index (χ1) is 11.8. The van der Waals surface area contributed by atoms with Crippen molar-refractivity contribution >= 4 is 28.4 Å². The van der Waals surface area contributed by atoms with Crippen LogP contribution in [-0.2, 0) is 4.79 Å². The molecule has 3 N–H and O–H groups in total. The van der Waals surface area contributed by atoms with E-state index in [-0.39, 0.29) is 17.2 Å². The van der Waals surface area contributed by atoms with Crippen molar-refractivity contribution < 1.29 is 15.0 Å². The summed E-state index contributed by atoms with van der Waals surface area (Å²) in [5.41, 5.74) is 1.19. The third kappa shape index (κ3) is 3.38. The highest BCUT2D eigenvalue weighted by Gasteiger charge is 2.40.